The molecule has 0 amide bonds. The summed E-state index contributed by atoms with van der Waals surface area (Å²) in [5.41, 5.74) is 1.80. The van der Waals surface area contributed by atoms with Crippen LogP contribution in [0, 0.1) is 5.92 Å². The summed E-state index contributed by atoms with van der Waals surface area (Å²) in [7, 11) is 3.50. The summed E-state index contributed by atoms with van der Waals surface area (Å²) < 4.78 is 5.99. The molecule has 0 aromatic heterocycles. The first-order valence-electron chi connectivity index (χ1n) is 9.16. The van der Waals surface area contributed by atoms with Crippen molar-refractivity contribution in [3.63, 3.8) is 0 Å². The third kappa shape index (κ3) is 4.59. The zero-order valence-corrected chi connectivity index (χ0v) is 15.8. The van der Waals surface area contributed by atoms with Gasteiger partial charge in [-0.3, -0.25) is 0 Å². The predicted octanol–water partition coefficient (Wildman–Crippen LogP) is 3.57. The van der Waals surface area contributed by atoms with E-state index in [0.717, 1.165) is 42.9 Å². The van der Waals surface area contributed by atoms with Gasteiger partial charge in [-0.1, -0.05) is 30.7 Å². The summed E-state index contributed by atoms with van der Waals surface area (Å²) in [5, 5.41) is 30.2. The Morgan fingerprint density at radius 2 is 1.81 bits per heavy atom. The lowest BCUT2D eigenvalue weighted by Gasteiger charge is -2.34. The number of rotatable bonds is 6. The van der Waals surface area contributed by atoms with Gasteiger partial charge in [-0.05, 0) is 54.5 Å². The van der Waals surface area contributed by atoms with Crippen molar-refractivity contribution in [1.29, 1.82) is 0 Å². The van der Waals surface area contributed by atoms with E-state index in [2.05, 4.69) is 10.2 Å². The molecule has 3 unspecified atom stereocenters. The van der Waals surface area contributed by atoms with Crippen molar-refractivity contribution >= 4 is 10.2 Å². The van der Waals surface area contributed by atoms with E-state index < -0.39 is 6.10 Å². The van der Waals surface area contributed by atoms with Crippen molar-refractivity contribution in [2.45, 2.75) is 50.4 Å². The number of phenolic OH excluding ortho intramolecular Hbond substituents is 2. The molecule has 0 saturated heterocycles. The second-order valence-electron chi connectivity index (χ2n) is 7.01. The van der Waals surface area contributed by atoms with Crippen molar-refractivity contribution < 1.29 is 20.1 Å². The van der Waals surface area contributed by atoms with Gasteiger partial charge in [0.05, 0.1) is 6.10 Å². The number of phenols is 2. The molecule has 3 atom stereocenters. The van der Waals surface area contributed by atoms with Crippen molar-refractivity contribution in [2.24, 2.45) is 5.92 Å². The lowest BCUT2D eigenvalue weighted by molar-refractivity contribution is -0.0321. The van der Waals surface area contributed by atoms with Gasteiger partial charge >= 0.3 is 0 Å². The van der Waals surface area contributed by atoms with E-state index >= 15 is 0 Å². The van der Waals surface area contributed by atoms with Gasteiger partial charge in [-0.25, -0.2) is 0 Å². The maximum absolute atomic E-state index is 10.5. The van der Waals surface area contributed by atoms with Crippen LogP contribution in [-0.4, -0.2) is 37.8 Å². The molecule has 0 aliphatic heterocycles. The molecule has 2 aromatic rings. The first-order chi connectivity index (χ1) is 12.6. The van der Waals surface area contributed by atoms with E-state index in [1.807, 2.05) is 24.3 Å². The Labute approximate surface area is 157 Å². The summed E-state index contributed by atoms with van der Waals surface area (Å²) >= 11 is 0. The molecule has 3 rings (SSSR count). The quantitative estimate of drug-likeness (QED) is 0.681. The van der Waals surface area contributed by atoms with Gasteiger partial charge in [0.1, 0.15) is 23.4 Å². The Morgan fingerprint density at radius 1 is 1.04 bits per heavy atom. The van der Waals surface area contributed by atoms with Crippen LogP contribution in [0.5, 0.6) is 17.2 Å². The van der Waals surface area contributed by atoms with Crippen LogP contribution in [0.1, 0.15) is 36.8 Å². The molecule has 26 heavy (non-hydrogen) atoms. The van der Waals surface area contributed by atoms with E-state index in [1.165, 1.54) is 0 Å². The Kier molecular flexibility index (Phi) is 6.22. The SMILES string of the molecule is Oc1ccc(Cc2ccc(OC3CCCC(CC[Si])C3O)cc2O)cc1. The second kappa shape index (κ2) is 8.60. The van der Waals surface area contributed by atoms with E-state index in [1.54, 1.807) is 18.2 Å². The van der Waals surface area contributed by atoms with Crippen molar-refractivity contribution in [3.05, 3.63) is 53.6 Å². The zero-order valence-electron chi connectivity index (χ0n) is 14.8. The number of aliphatic hydroxyl groups is 1. The number of aliphatic hydroxyl groups excluding tert-OH is 1. The van der Waals surface area contributed by atoms with E-state index in [-0.39, 0.29) is 23.5 Å². The molecular formula is C21H25O4Si. The minimum Gasteiger partial charge on any atom is -0.508 e. The monoisotopic (exact) mass is 369 g/mol. The van der Waals surface area contributed by atoms with Crippen LogP contribution in [0.3, 0.4) is 0 Å². The fraction of sp³-hybridized carbons (Fsp3) is 0.429. The van der Waals surface area contributed by atoms with Gasteiger partial charge in [0.25, 0.3) is 0 Å². The largest absolute Gasteiger partial charge is 0.508 e. The van der Waals surface area contributed by atoms with E-state index in [0.29, 0.717) is 12.2 Å². The topological polar surface area (TPSA) is 69.9 Å². The predicted molar refractivity (Wildman–Crippen MR) is 102 cm³/mol. The summed E-state index contributed by atoms with van der Waals surface area (Å²) in [5.74, 6) is 1.25. The van der Waals surface area contributed by atoms with Crippen LogP contribution in [0.4, 0.5) is 0 Å². The third-order valence-electron chi connectivity index (χ3n) is 5.12. The first kappa shape index (κ1) is 18.8. The lowest BCUT2D eigenvalue weighted by Crippen LogP contribution is -2.41. The smallest absolute Gasteiger partial charge is 0.125 e. The summed E-state index contributed by atoms with van der Waals surface area (Å²) in [4.78, 5) is 0. The molecule has 3 radical (unpaired) electrons. The molecule has 1 fully saturated rings. The number of aromatic hydroxyl groups is 2. The highest BCUT2D eigenvalue weighted by molar-refractivity contribution is 6.08. The summed E-state index contributed by atoms with van der Waals surface area (Å²) in [6, 6.07) is 13.1. The normalized spacial score (nSPS) is 22.9. The maximum Gasteiger partial charge on any atom is 0.125 e. The van der Waals surface area contributed by atoms with Crippen LogP contribution in [0.25, 0.3) is 0 Å². The molecule has 137 valence electrons. The van der Waals surface area contributed by atoms with Crippen LogP contribution < -0.4 is 4.74 Å². The van der Waals surface area contributed by atoms with Gasteiger partial charge in [0, 0.05) is 22.7 Å². The molecule has 5 heteroatoms. The highest BCUT2D eigenvalue weighted by atomic mass is 28.1. The standard InChI is InChI=1S/C21H25O4Si/c22-17-7-4-14(5-8-17)12-16-6-9-18(13-19(16)23)25-20-3-1-2-15(10-11-26)21(20)24/h4-9,13,15,20-24H,1-3,10-12H2. The first-order valence-corrected chi connectivity index (χ1v) is 9.86. The highest BCUT2D eigenvalue weighted by Crippen LogP contribution is 2.33. The van der Waals surface area contributed by atoms with Gasteiger partial charge in [-0.2, -0.15) is 0 Å². The molecular weight excluding hydrogens is 344 g/mol. The molecule has 0 heterocycles. The molecule has 0 spiro atoms. The highest BCUT2D eigenvalue weighted by Gasteiger charge is 2.32. The van der Waals surface area contributed by atoms with E-state index in [4.69, 9.17) is 4.74 Å². The molecule has 4 nitrogen and oxygen atoms in total. The van der Waals surface area contributed by atoms with Gasteiger partial charge < -0.3 is 20.1 Å². The molecule has 2 aromatic carbocycles. The van der Waals surface area contributed by atoms with Crippen LogP contribution >= 0.6 is 0 Å². The van der Waals surface area contributed by atoms with Gasteiger partial charge in [0.2, 0.25) is 0 Å². The number of hydrogen-bond donors (Lipinski definition) is 3. The molecule has 1 saturated carbocycles. The van der Waals surface area contributed by atoms with Crippen molar-refractivity contribution in [2.75, 3.05) is 0 Å². The Bertz CT molecular complexity index is 714. The van der Waals surface area contributed by atoms with Crippen LogP contribution in [0.15, 0.2) is 42.5 Å². The van der Waals surface area contributed by atoms with Gasteiger partial charge in [-0.15, -0.1) is 0 Å². The average molecular weight is 370 g/mol. The van der Waals surface area contributed by atoms with Crippen molar-refractivity contribution in [1.82, 2.24) is 0 Å². The fourth-order valence-electron chi connectivity index (χ4n) is 3.63. The average Bonchev–Trinajstić information content (AvgIpc) is 2.63. The Morgan fingerprint density at radius 3 is 2.50 bits per heavy atom. The molecule has 1 aliphatic carbocycles. The second-order valence-corrected chi connectivity index (χ2v) is 7.51. The summed E-state index contributed by atoms with van der Waals surface area (Å²) in [6.45, 7) is 0. The number of ether oxygens (including phenoxy) is 1. The van der Waals surface area contributed by atoms with E-state index in [9.17, 15) is 15.3 Å². The summed E-state index contributed by atoms with van der Waals surface area (Å²) in [6.07, 6.45) is 3.72. The minimum absolute atomic E-state index is 0.178. The van der Waals surface area contributed by atoms with Crippen LogP contribution in [0.2, 0.25) is 6.04 Å². The fourth-order valence-corrected chi connectivity index (χ4v) is 4.00. The molecule has 1 aliphatic rings. The zero-order chi connectivity index (χ0) is 18.5. The molecule has 3 N–H and O–H groups in total. The number of hydrogen-bond acceptors (Lipinski definition) is 4. The maximum atomic E-state index is 10.5. The van der Waals surface area contributed by atoms with Crippen molar-refractivity contribution in [3.8, 4) is 17.2 Å². The minimum atomic E-state index is -0.473. The molecule has 0 bridgehead atoms. The van der Waals surface area contributed by atoms with Gasteiger partial charge in [0.15, 0.2) is 0 Å². The third-order valence-corrected chi connectivity index (χ3v) is 5.41. The number of benzene rings is 2. The lowest BCUT2D eigenvalue weighted by atomic mass is 9.83. The van der Waals surface area contributed by atoms with Crippen LogP contribution in [-0.2, 0) is 6.42 Å². The Balaban J connectivity index is 1.66. The Hall–Kier alpha value is -1.98.